The molecule has 1 aliphatic heterocycles. The molecule has 11 heteroatoms. The van der Waals surface area contributed by atoms with E-state index < -0.39 is 23.9 Å². The second-order valence-corrected chi connectivity index (χ2v) is 14.5. The average Bonchev–Trinajstić information content (AvgIpc) is 3.19. The molecule has 0 bridgehead atoms. The fourth-order valence-electron chi connectivity index (χ4n) is 6.14. The quantitative estimate of drug-likeness (QED) is 0.106. The summed E-state index contributed by atoms with van der Waals surface area (Å²) in [6, 6.07) is 30.4. The van der Waals surface area contributed by atoms with Gasteiger partial charge in [-0.1, -0.05) is 105 Å². The van der Waals surface area contributed by atoms with Crippen molar-refractivity contribution in [3.63, 3.8) is 0 Å². The molecule has 4 aromatic rings. The molecule has 1 heterocycles. The number of fused-ring (bicyclic) bond motifs is 1. The third-order valence-corrected chi connectivity index (χ3v) is 8.80. The van der Waals surface area contributed by atoms with E-state index in [4.69, 9.17) is 16.3 Å². The van der Waals surface area contributed by atoms with Gasteiger partial charge < -0.3 is 25.6 Å². The van der Waals surface area contributed by atoms with Crippen LogP contribution in [0.1, 0.15) is 67.5 Å². The summed E-state index contributed by atoms with van der Waals surface area (Å²) in [6.45, 7) is 9.90. The summed E-state index contributed by atoms with van der Waals surface area (Å²) < 4.78 is 20.9. The minimum Gasteiger partial charge on any atom is -0.355 e. The van der Waals surface area contributed by atoms with Gasteiger partial charge in [0.05, 0.1) is 6.42 Å². The Balaban J connectivity index is 0.00000364. The normalized spacial score (nSPS) is 15.6. The zero-order valence-electron chi connectivity index (χ0n) is 30.0. The highest BCUT2D eigenvalue weighted by molar-refractivity contribution is 6.30. The summed E-state index contributed by atoms with van der Waals surface area (Å²) in [5.41, 5.74) is 4.87. The number of anilines is 1. The van der Waals surface area contributed by atoms with E-state index >= 15 is 0 Å². The molecule has 280 valence electrons. The second-order valence-electron chi connectivity index (χ2n) is 14.0. The van der Waals surface area contributed by atoms with E-state index in [-0.39, 0.29) is 49.1 Å². The van der Waals surface area contributed by atoms with Crippen molar-refractivity contribution in [2.45, 2.75) is 65.3 Å². The highest BCUT2D eigenvalue weighted by atomic mass is 35.5. The van der Waals surface area contributed by atoms with E-state index in [1.54, 1.807) is 29.2 Å². The summed E-state index contributed by atoms with van der Waals surface area (Å²) in [7, 11) is 0. The Labute approximate surface area is 324 Å². The summed E-state index contributed by atoms with van der Waals surface area (Å²) in [4.78, 5) is 29.2. The molecule has 3 N–H and O–H groups in total. The fraction of sp³-hybridized carbons (Fsp3) is 0.366. The standard InChI is InChI=1S/C41H48ClFN4O3.2ClH/c1-41(2,3)28-47-36-19-18-33(42)24-34(36)39(50-37(40(47)49)25-38(48)46-27-32-15-7-8-17-35(32)43)31-16-9-13-30(23-31)26-45-22-21-44-20-10-14-29-11-5-4-6-12-29;;/h4-9,11-13,15-19,23-24,37,39,44-45H,10,14,20-22,25-28H2,1-3H3,(H,46,48);2*1H. The number of carbonyl (C=O) groups excluding carboxylic acids is 2. The Morgan fingerprint density at radius 2 is 1.56 bits per heavy atom. The van der Waals surface area contributed by atoms with Crippen molar-refractivity contribution in [3.8, 4) is 0 Å². The first-order valence-electron chi connectivity index (χ1n) is 17.4. The first kappa shape index (κ1) is 42.9. The fourth-order valence-corrected chi connectivity index (χ4v) is 6.32. The van der Waals surface area contributed by atoms with Gasteiger partial charge in [0, 0.05) is 54.6 Å². The van der Waals surface area contributed by atoms with Crippen LogP contribution >= 0.6 is 36.4 Å². The molecule has 0 saturated carbocycles. The van der Waals surface area contributed by atoms with Crippen LogP contribution in [0.5, 0.6) is 0 Å². The molecule has 4 aromatic carbocycles. The molecule has 7 nitrogen and oxygen atoms in total. The lowest BCUT2D eigenvalue weighted by molar-refractivity contribution is -0.138. The Morgan fingerprint density at radius 1 is 0.846 bits per heavy atom. The largest absolute Gasteiger partial charge is 0.355 e. The predicted molar refractivity (Wildman–Crippen MR) is 213 cm³/mol. The zero-order chi connectivity index (χ0) is 35.5. The molecule has 52 heavy (non-hydrogen) atoms. The SMILES string of the molecule is CC(C)(C)CN1C(=O)C(CC(=O)NCc2ccccc2F)OC(c2cccc(CNCCNCCCc3ccccc3)c2)c2cc(Cl)ccc21.Cl.Cl. The van der Waals surface area contributed by atoms with Crippen LogP contribution in [0, 0.1) is 11.2 Å². The highest BCUT2D eigenvalue weighted by Crippen LogP contribution is 2.41. The highest BCUT2D eigenvalue weighted by Gasteiger charge is 2.39. The lowest BCUT2D eigenvalue weighted by Gasteiger charge is -2.31. The number of ether oxygens (including phenoxy) is 1. The van der Waals surface area contributed by atoms with Crippen molar-refractivity contribution in [3.05, 3.63) is 136 Å². The van der Waals surface area contributed by atoms with E-state index in [1.807, 2.05) is 30.3 Å². The van der Waals surface area contributed by atoms with E-state index in [0.717, 1.165) is 49.2 Å². The summed E-state index contributed by atoms with van der Waals surface area (Å²) >= 11 is 6.56. The summed E-state index contributed by atoms with van der Waals surface area (Å²) in [6.07, 6.45) is 0.191. The van der Waals surface area contributed by atoms with Crippen molar-refractivity contribution < 1.29 is 18.7 Å². The van der Waals surface area contributed by atoms with Gasteiger partial charge in [-0.05, 0) is 65.8 Å². The number of amides is 2. The zero-order valence-corrected chi connectivity index (χ0v) is 32.4. The molecule has 0 spiro atoms. The van der Waals surface area contributed by atoms with Gasteiger partial charge in [-0.2, -0.15) is 0 Å². The van der Waals surface area contributed by atoms with Gasteiger partial charge in [0.1, 0.15) is 18.0 Å². The van der Waals surface area contributed by atoms with Crippen molar-refractivity contribution >= 4 is 53.9 Å². The van der Waals surface area contributed by atoms with Crippen LogP contribution in [0.15, 0.2) is 97.1 Å². The molecule has 0 saturated heterocycles. The molecule has 0 aromatic heterocycles. The maximum atomic E-state index is 14.2. The van der Waals surface area contributed by atoms with Crippen molar-refractivity contribution in [2.24, 2.45) is 5.41 Å². The Morgan fingerprint density at radius 3 is 2.31 bits per heavy atom. The number of hydrogen-bond donors (Lipinski definition) is 3. The Hall–Kier alpha value is -3.50. The van der Waals surface area contributed by atoms with Crippen LogP contribution in [0.4, 0.5) is 10.1 Å². The van der Waals surface area contributed by atoms with Crippen LogP contribution in [0.3, 0.4) is 0 Å². The maximum Gasteiger partial charge on any atom is 0.256 e. The first-order valence-corrected chi connectivity index (χ1v) is 17.8. The maximum absolute atomic E-state index is 14.2. The van der Waals surface area contributed by atoms with Gasteiger partial charge in [0.25, 0.3) is 5.91 Å². The number of carbonyl (C=O) groups is 2. The Kier molecular flexibility index (Phi) is 17.1. The van der Waals surface area contributed by atoms with Gasteiger partial charge in [0.2, 0.25) is 5.91 Å². The molecule has 5 rings (SSSR count). The molecule has 2 amide bonds. The van der Waals surface area contributed by atoms with Crippen LogP contribution in [-0.2, 0) is 33.8 Å². The first-order chi connectivity index (χ1) is 24.1. The summed E-state index contributed by atoms with van der Waals surface area (Å²) in [5, 5.41) is 10.3. The lowest BCUT2D eigenvalue weighted by Crippen LogP contribution is -2.45. The van der Waals surface area contributed by atoms with Crippen LogP contribution in [0.25, 0.3) is 0 Å². The van der Waals surface area contributed by atoms with Gasteiger partial charge in [0.15, 0.2) is 0 Å². The average molecular weight is 772 g/mol. The topological polar surface area (TPSA) is 82.7 Å². The third kappa shape index (κ3) is 12.6. The van der Waals surface area contributed by atoms with E-state index in [0.29, 0.717) is 29.4 Å². The van der Waals surface area contributed by atoms with Gasteiger partial charge in [-0.15, -0.1) is 24.8 Å². The van der Waals surface area contributed by atoms with Gasteiger partial charge in [-0.3, -0.25) is 9.59 Å². The van der Waals surface area contributed by atoms with E-state index in [2.05, 4.69) is 73.1 Å². The molecule has 0 fully saturated rings. The molecule has 2 atom stereocenters. The number of rotatable bonds is 15. The molecule has 1 aliphatic rings. The number of benzene rings is 4. The molecule has 2 unspecified atom stereocenters. The molecule has 0 aliphatic carbocycles. The van der Waals surface area contributed by atoms with E-state index in [9.17, 15) is 14.0 Å². The van der Waals surface area contributed by atoms with Crippen molar-refractivity contribution in [1.82, 2.24) is 16.0 Å². The number of nitrogens with one attached hydrogen (secondary N) is 3. The minimum absolute atomic E-state index is 0. The number of halogens is 4. The van der Waals surface area contributed by atoms with Gasteiger partial charge >= 0.3 is 0 Å². The Bertz CT molecular complexity index is 1740. The number of nitrogens with zero attached hydrogens (tertiary/aromatic N) is 1. The monoisotopic (exact) mass is 770 g/mol. The number of aryl methyl sites for hydroxylation is 1. The molecule has 0 radical (unpaired) electrons. The minimum atomic E-state index is -1.08. The van der Waals surface area contributed by atoms with Crippen LogP contribution in [0.2, 0.25) is 5.02 Å². The van der Waals surface area contributed by atoms with Crippen LogP contribution in [-0.4, -0.2) is 44.1 Å². The molecular formula is C41H50Cl3FN4O3. The van der Waals surface area contributed by atoms with Crippen molar-refractivity contribution in [2.75, 3.05) is 31.1 Å². The summed E-state index contributed by atoms with van der Waals surface area (Å²) in [5.74, 6) is -1.11. The van der Waals surface area contributed by atoms with Crippen LogP contribution < -0.4 is 20.9 Å². The van der Waals surface area contributed by atoms with Crippen molar-refractivity contribution in [1.29, 1.82) is 0 Å². The molecular weight excluding hydrogens is 722 g/mol. The van der Waals surface area contributed by atoms with E-state index in [1.165, 1.54) is 11.6 Å². The smallest absolute Gasteiger partial charge is 0.256 e. The predicted octanol–water partition coefficient (Wildman–Crippen LogP) is 8.21. The van der Waals surface area contributed by atoms with Gasteiger partial charge in [-0.25, -0.2) is 4.39 Å². The lowest BCUT2D eigenvalue weighted by atomic mass is 9.94. The number of hydrogen-bond acceptors (Lipinski definition) is 5. The third-order valence-electron chi connectivity index (χ3n) is 8.57. The second kappa shape index (κ2) is 20.7.